The molecule has 1 saturated heterocycles. The normalized spacial score (nSPS) is 18.9. The molecular weight excluding hydrogens is 340 g/mol. The first kappa shape index (κ1) is 18.1. The third kappa shape index (κ3) is 4.35. The number of hydrogen-bond acceptors (Lipinski definition) is 6. The summed E-state index contributed by atoms with van der Waals surface area (Å²) in [5.74, 6) is 0. The number of hydrogen-bond donors (Lipinski definition) is 1. The molecule has 0 bridgehead atoms. The van der Waals surface area contributed by atoms with Crippen molar-refractivity contribution in [1.29, 1.82) is 0 Å². The Bertz CT molecular complexity index is 852. The second kappa shape index (κ2) is 8.61. The smallest absolute Gasteiger partial charge is 0.139 e. The highest BCUT2D eigenvalue weighted by Gasteiger charge is 2.26. The van der Waals surface area contributed by atoms with Crippen molar-refractivity contribution in [1.82, 2.24) is 20.1 Å². The fourth-order valence-corrected chi connectivity index (χ4v) is 3.97. The van der Waals surface area contributed by atoms with Crippen LogP contribution in [0.15, 0.2) is 53.2 Å². The minimum absolute atomic E-state index is 0.225. The van der Waals surface area contributed by atoms with Crippen LogP contribution in [0.3, 0.4) is 0 Å². The van der Waals surface area contributed by atoms with Crippen molar-refractivity contribution in [2.24, 2.45) is 0 Å². The van der Waals surface area contributed by atoms with Crippen molar-refractivity contribution >= 4 is 11.0 Å². The molecule has 1 aliphatic heterocycles. The lowest BCUT2D eigenvalue weighted by Gasteiger charge is -2.41. The van der Waals surface area contributed by atoms with Crippen LogP contribution in [0.1, 0.15) is 17.5 Å². The zero-order valence-electron chi connectivity index (χ0n) is 15.5. The summed E-state index contributed by atoms with van der Waals surface area (Å²) in [6.45, 7) is 5.08. The fourth-order valence-electron chi connectivity index (χ4n) is 3.97. The van der Waals surface area contributed by atoms with Crippen LogP contribution in [0.2, 0.25) is 0 Å². The van der Waals surface area contributed by atoms with Gasteiger partial charge in [0.1, 0.15) is 11.0 Å². The molecule has 0 amide bonds. The summed E-state index contributed by atoms with van der Waals surface area (Å²) in [6, 6.07) is 17.0. The predicted molar refractivity (Wildman–Crippen MR) is 104 cm³/mol. The van der Waals surface area contributed by atoms with Gasteiger partial charge in [-0.2, -0.15) is 0 Å². The van der Waals surface area contributed by atoms with Crippen LogP contribution in [-0.4, -0.2) is 64.0 Å². The van der Waals surface area contributed by atoms with Gasteiger partial charge in [-0.1, -0.05) is 42.5 Å². The van der Waals surface area contributed by atoms with Gasteiger partial charge >= 0.3 is 0 Å². The van der Waals surface area contributed by atoms with E-state index in [1.807, 2.05) is 12.1 Å². The second-order valence-electron chi connectivity index (χ2n) is 7.22. The zero-order chi connectivity index (χ0) is 18.5. The van der Waals surface area contributed by atoms with E-state index in [1.54, 1.807) is 0 Å². The van der Waals surface area contributed by atoms with E-state index in [-0.39, 0.29) is 6.61 Å². The van der Waals surface area contributed by atoms with E-state index in [0.29, 0.717) is 6.04 Å². The van der Waals surface area contributed by atoms with Crippen LogP contribution in [0.25, 0.3) is 11.0 Å². The lowest BCUT2D eigenvalue weighted by Crippen LogP contribution is -2.53. The number of piperazine rings is 1. The molecule has 1 fully saturated rings. The third-order valence-corrected chi connectivity index (χ3v) is 5.45. The molecule has 1 aromatic heterocycles. The minimum atomic E-state index is 0.225. The van der Waals surface area contributed by atoms with Gasteiger partial charge in [-0.25, -0.2) is 4.63 Å². The van der Waals surface area contributed by atoms with E-state index in [9.17, 15) is 5.11 Å². The lowest BCUT2D eigenvalue weighted by molar-refractivity contribution is 0.0563. The Kier molecular flexibility index (Phi) is 5.77. The molecule has 0 saturated carbocycles. The summed E-state index contributed by atoms with van der Waals surface area (Å²) < 4.78 is 4.89. The second-order valence-corrected chi connectivity index (χ2v) is 7.22. The van der Waals surface area contributed by atoms with Crippen LogP contribution >= 0.6 is 0 Å². The molecular formula is C21H26N4O2. The van der Waals surface area contributed by atoms with Gasteiger partial charge in [0.05, 0.1) is 0 Å². The van der Waals surface area contributed by atoms with Crippen molar-refractivity contribution in [3.05, 3.63) is 59.7 Å². The molecule has 2 heterocycles. The summed E-state index contributed by atoms with van der Waals surface area (Å²) in [5, 5.41) is 17.5. The van der Waals surface area contributed by atoms with Crippen LogP contribution in [0.5, 0.6) is 0 Å². The molecule has 142 valence electrons. The topological polar surface area (TPSA) is 65.6 Å². The SMILES string of the molecule is OCCC1CN(Cc2cccc3nonc23)CCN1CCc1ccccc1. The van der Waals surface area contributed by atoms with Crippen LogP contribution in [-0.2, 0) is 13.0 Å². The Balaban J connectivity index is 1.39. The Labute approximate surface area is 159 Å². The molecule has 0 spiro atoms. The highest BCUT2D eigenvalue weighted by molar-refractivity contribution is 5.76. The van der Waals surface area contributed by atoms with Gasteiger partial charge < -0.3 is 5.11 Å². The molecule has 1 atom stereocenters. The molecule has 0 aliphatic carbocycles. The van der Waals surface area contributed by atoms with Crippen LogP contribution < -0.4 is 0 Å². The minimum Gasteiger partial charge on any atom is -0.396 e. The highest BCUT2D eigenvalue weighted by atomic mass is 16.6. The first-order valence-electron chi connectivity index (χ1n) is 9.65. The van der Waals surface area contributed by atoms with Crippen molar-refractivity contribution in [2.75, 3.05) is 32.8 Å². The first-order valence-corrected chi connectivity index (χ1v) is 9.65. The van der Waals surface area contributed by atoms with Gasteiger partial charge in [0.25, 0.3) is 0 Å². The van der Waals surface area contributed by atoms with Crippen molar-refractivity contribution in [3.8, 4) is 0 Å². The fraction of sp³-hybridized carbons (Fsp3) is 0.429. The molecule has 4 rings (SSSR count). The number of rotatable bonds is 7. The van der Waals surface area contributed by atoms with E-state index in [0.717, 1.165) is 62.2 Å². The van der Waals surface area contributed by atoms with E-state index >= 15 is 0 Å². The van der Waals surface area contributed by atoms with Gasteiger partial charge in [-0.15, -0.1) is 0 Å². The average Bonchev–Trinajstić information content (AvgIpc) is 3.18. The highest BCUT2D eigenvalue weighted by Crippen LogP contribution is 2.20. The molecule has 0 radical (unpaired) electrons. The number of aromatic nitrogens is 2. The predicted octanol–water partition coefficient (Wildman–Crippen LogP) is 2.33. The van der Waals surface area contributed by atoms with E-state index in [4.69, 9.17) is 4.63 Å². The summed E-state index contributed by atoms with van der Waals surface area (Å²) in [6.07, 6.45) is 1.85. The summed E-state index contributed by atoms with van der Waals surface area (Å²) in [5.41, 5.74) is 4.17. The monoisotopic (exact) mass is 366 g/mol. The van der Waals surface area contributed by atoms with Gasteiger partial charge in [-0.3, -0.25) is 9.80 Å². The maximum Gasteiger partial charge on any atom is 0.139 e. The Morgan fingerprint density at radius 1 is 1.04 bits per heavy atom. The van der Waals surface area contributed by atoms with Crippen molar-refractivity contribution < 1.29 is 9.74 Å². The third-order valence-electron chi connectivity index (χ3n) is 5.45. The maximum atomic E-state index is 9.54. The first-order chi connectivity index (χ1) is 13.3. The number of aliphatic hydroxyl groups is 1. The molecule has 1 aliphatic rings. The maximum absolute atomic E-state index is 9.54. The van der Waals surface area contributed by atoms with E-state index in [1.165, 1.54) is 5.56 Å². The zero-order valence-corrected chi connectivity index (χ0v) is 15.5. The van der Waals surface area contributed by atoms with Crippen molar-refractivity contribution in [3.63, 3.8) is 0 Å². The number of benzene rings is 2. The summed E-state index contributed by atoms with van der Waals surface area (Å²) in [7, 11) is 0. The standard InChI is InChI=1S/C21H26N4O2/c26-14-10-19-16-24(15-18-7-4-8-20-21(18)23-27-22-20)12-13-25(19)11-9-17-5-2-1-3-6-17/h1-8,19,26H,9-16H2. The average molecular weight is 366 g/mol. The van der Waals surface area contributed by atoms with E-state index < -0.39 is 0 Å². The Hall–Kier alpha value is -2.28. The van der Waals surface area contributed by atoms with Crippen molar-refractivity contribution in [2.45, 2.75) is 25.4 Å². The van der Waals surface area contributed by atoms with Gasteiger partial charge in [0, 0.05) is 45.4 Å². The summed E-state index contributed by atoms with van der Waals surface area (Å²) in [4.78, 5) is 4.97. The lowest BCUT2D eigenvalue weighted by atomic mass is 10.1. The molecule has 1 N–H and O–H groups in total. The largest absolute Gasteiger partial charge is 0.396 e. The van der Waals surface area contributed by atoms with Crippen LogP contribution in [0.4, 0.5) is 0 Å². The molecule has 3 aromatic rings. The van der Waals surface area contributed by atoms with E-state index in [2.05, 4.69) is 56.5 Å². The molecule has 1 unspecified atom stereocenters. The number of fused-ring (bicyclic) bond motifs is 1. The molecule has 6 heteroatoms. The van der Waals surface area contributed by atoms with Crippen LogP contribution in [0, 0.1) is 0 Å². The van der Waals surface area contributed by atoms with Gasteiger partial charge in [0.2, 0.25) is 0 Å². The Morgan fingerprint density at radius 3 is 2.78 bits per heavy atom. The quantitative estimate of drug-likeness (QED) is 0.692. The number of nitrogens with zero attached hydrogens (tertiary/aromatic N) is 4. The van der Waals surface area contributed by atoms with Gasteiger partial charge in [0.15, 0.2) is 0 Å². The number of aliphatic hydroxyl groups excluding tert-OH is 1. The molecule has 27 heavy (non-hydrogen) atoms. The molecule has 2 aromatic carbocycles. The van der Waals surface area contributed by atoms with Gasteiger partial charge in [-0.05, 0) is 40.3 Å². The molecule has 6 nitrogen and oxygen atoms in total. The Morgan fingerprint density at radius 2 is 1.93 bits per heavy atom. The summed E-state index contributed by atoms with van der Waals surface area (Å²) >= 11 is 0.